The van der Waals surface area contributed by atoms with Gasteiger partial charge in [0, 0.05) is 4.47 Å². The number of aryl methyl sites for hydroxylation is 1. The number of amidine groups is 1. The monoisotopic (exact) mass is 566 g/mol. The van der Waals surface area contributed by atoms with Gasteiger partial charge >= 0.3 is 0 Å². The van der Waals surface area contributed by atoms with Gasteiger partial charge in [0.05, 0.1) is 23.8 Å². The Bertz CT molecular complexity index is 1310. The summed E-state index contributed by atoms with van der Waals surface area (Å²) in [6.07, 6.45) is 1.82. The van der Waals surface area contributed by atoms with Crippen molar-refractivity contribution in [3.8, 4) is 17.2 Å². The third-order valence-corrected chi connectivity index (χ3v) is 6.75. The highest BCUT2D eigenvalue weighted by Gasteiger charge is 2.24. The molecule has 1 heterocycles. The van der Waals surface area contributed by atoms with Crippen molar-refractivity contribution in [2.24, 2.45) is 4.99 Å². The zero-order valence-corrected chi connectivity index (χ0v) is 22.7. The first-order chi connectivity index (χ1) is 17.4. The number of benzene rings is 3. The van der Waals surface area contributed by atoms with Gasteiger partial charge in [-0.3, -0.25) is 4.79 Å². The van der Waals surface area contributed by atoms with E-state index < -0.39 is 0 Å². The van der Waals surface area contributed by atoms with Crippen LogP contribution in [0.3, 0.4) is 0 Å². The Kier molecular flexibility index (Phi) is 8.72. The smallest absolute Gasteiger partial charge is 0.264 e. The standard InChI is InChI=1S/C28H27BrN2O4S/c1-4-33-22-11-9-21(10-12-22)30-28-31-27(32)26(36-28)15-20-14-24(34-5-2)25(16-23(20)29)35-17-19-8-6-7-18(3)13-19/h6-16H,4-5,17H2,1-3H3,(H,30,31,32)/b26-15+. The molecule has 4 rings (SSSR count). The van der Waals surface area contributed by atoms with Gasteiger partial charge in [0.15, 0.2) is 16.7 Å². The maximum Gasteiger partial charge on any atom is 0.264 e. The normalized spacial score (nSPS) is 15.3. The van der Waals surface area contributed by atoms with E-state index in [4.69, 9.17) is 14.2 Å². The summed E-state index contributed by atoms with van der Waals surface area (Å²) < 4.78 is 18.2. The summed E-state index contributed by atoms with van der Waals surface area (Å²) in [5.41, 5.74) is 3.80. The second-order valence-electron chi connectivity index (χ2n) is 7.94. The van der Waals surface area contributed by atoms with E-state index in [0.29, 0.717) is 41.4 Å². The molecule has 1 fully saturated rings. The van der Waals surface area contributed by atoms with Crippen LogP contribution in [0.2, 0.25) is 0 Å². The SMILES string of the molecule is CCOc1ccc(N=C2NC(=O)/C(=C\c3cc(OCC)c(OCc4cccc(C)c4)cc3Br)S2)cc1. The van der Waals surface area contributed by atoms with Gasteiger partial charge < -0.3 is 19.5 Å². The molecule has 0 radical (unpaired) electrons. The van der Waals surface area contributed by atoms with E-state index in [9.17, 15) is 4.79 Å². The van der Waals surface area contributed by atoms with Gasteiger partial charge in [-0.25, -0.2) is 4.99 Å². The van der Waals surface area contributed by atoms with E-state index in [2.05, 4.69) is 45.3 Å². The number of thioether (sulfide) groups is 1. The molecule has 3 aromatic carbocycles. The first-order valence-corrected chi connectivity index (χ1v) is 13.2. The second kappa shape index (κ2) is 12.1. The lowest BCUT2D eigenvalue weighted by Gasteiger charge is -2.14. The molecule has 0 spiro atoms. The third-order valence-electron chi connectivity index (χ3n) is 5.16. The minimum Gasteiger partial charge on any atom is -0.494 e. The highest BCUT2D eigenvalue weighted by Crippen LogP contribution is 2.37. The van der Waals surface area contributed by atoms with E-state index in [1.54, 1.807) is 0 Å². The molecule has 3 aromatic rings. The highest BCUT2D eigenvalue weighted by atomic mass is 79.9. The van der Waals surface area contributed by atoms with Crippen molar-refractivity contribution in [2.45, 2.75) is 27.4 Å². The Morgan fingerprint density at radius 1 is 0.972 bits per heavy atom. The van der Waals surface area contributed by atoms with Gasteiger partial charge in [-0.1, -0.05) is 45.8 Å². The number of ether oxygens (including phenoxy) is 3. The van der Waals surface area contributed by atoms with Crippen LogP contribution in [0.25, 0.3) is 6.08 Å². The van der Waals surface area contributed by atoms with Crippen molar-refractivity contribution in [1.29, 1.82) is 0 Å². The highest BCUT2D eigenvalue weighted by molar-refractivity contribution is 9.10. The largest absolute Gasteiger partial charge is 0.494 e. The number of rotatable bonds is 9. The van der Waals surface area contributed by atoms with Crippen LogP contribution in [-0.4, -0.2) is 24.3 Å². The van der Waals surface area contributed by atoms with Gasteiger partial charge in [0.1, 0.15) is 12.4 Å². The lowest BCUT2D eigenvalue weighted by Crippen LogP contribution is -2.19. The summed E-state index contributed by atoms with van der Waals surface area (Å²) in [6.45, 7) is 7.45. The van der Waals surface area contributed by atoms with E-state index in [1.165, 1.54) is 17.3 Å². The Morgan fingerprint density at radius 2 is 1.72 bits per heavy atom. The summed E-state index contributed by atoms with van der Waals surface area (Å²) in [4.78, 5) is 17.7. The second-order valence-corrected chi connectivity index (χ2v) is 9.82. The van der Waals surface area contributed by atoms with Crippen LogP contribution in [0, 0.1) is 6.92 Å². The molecule has 0 saturated carbocycles. The van der Waals surface area contributed by atoms with Gasteiger partial charge in [0.2, 0.25) is 0 Å². The molecule has 0 bridgehead atoms. The van der Waals surface area contributed by atoms with Crippen molar-refractivity contribution in [3.05, 3.63) is 86.7 Å². The predicted molar refractivity (Wildman–Crippen MR) is 149 cm³/mol. The fraction of sp³-hybridized carbons (Fsp3) is 0.214. The fourth-order valence-electron chi connectivity index (χ4n) is 3.53. The Hall–Kier alpha value is -3.23. The fourth-order valence-corrected chi connectivity index (χ4v) is 4.80. The molecule has 186 valence electrons. The minimum atomic E-state index is -0.200. The number of hydrogen-bond donors (Lipinski definition) is 1. The molecule has 1 amide bonds. The molecule has 1 aliphatic rings. The topological polar surface area (TPSA) is 69.2 Å². The number of carbonyl (C=O) groups excluding carboxylic acids is 1. The molecule has 0 unspecified atom stereocenters. The lowest BCUT2D eigenvalue weighted by atomic mass is 10.1. The van der Waals surface area contributed by atoms with E-state index in [0.717, 1.165) is 27.0 Å². The summed E-state index contributed by atoms with van der Waals surface area (Å²) in [5.74, 6) is 1.83. The van der Waals surface area contributed by atoms with Crippen molar-refractivity contribution < 1.29 is 19.0 Å². The van der Waals surface area contributed by atoms with Crippen LogP contribution >= 0.6 is 27.7 Å². The van der Waals surface area contributed by atoms with Crippen molar-refractivity contribution in [2.75, 3.05) is 13.2 Å². The van der Waals surface area contributed by atoms with Crippen LogP contribution < -0.4 is 19.5 Å². The van der Waals surface area contributed by atoms with Gasteiger partial charge in [0.25, 0.3) is 5.91 Å². The van der Waals surface area contributed by atoms with Gasteiger partial charge in [-0.15, -0.1) is 0 Å². The Morgan fingerprint density at radius 3 is 2.44 bits per heavy atom. The zero-order chi connectivity index (χ0) is 25.5. The molecule has 1 aliphatic heterocycles. The predicted octanol–water partition coefficient (Wildman–Crippen LogP) is 7.03. The first kappa shape index (κ1) is 25.9. The number of hydrogen-bond acceptors (Lipinski definition) is 6. The summed E-state index contributed by atoms with van der Waals surface area (Å²) >= 11 is 4.91. The lowest BCUT2D eigenvalue weighted by molar-refractivity contribution is -0.115. The number of nitrogens with one attached hydrogen (secondary N) is 1. The first-order valence-electron chi connectivity index (χ1n) is 11.6. The minimum absolute atomic E-state index is 0.200. The maximum atomic E-state index is 12.6. The molecular formula is C28H27BrN2O4S. The van der Waals surface area contributed by atoms with Gasteiger partial charge in [-0.2, -0.15) is 0 Å². The van der Waals surface area contributed by atoms with E-state index in [-0.39, 0.29) is 5.91 Å². The van der Waals surface area contributed by atoms with Crippen molar-refractivity contribution in [1.82, 2.24) is 5.32 Å². The molecule has 8 heteroatoms. The van der Waals surface area contributed by atoms with Crippen LogP contribution in [0.4, 0.5) is 5.69 Å². The van der Waals surface area contributed by atoms with Crippen LogP contribution in [0.1, 0.15) is 30.5 Å². The third kappa shape index (κ3) is 6.71. The zero-order valence-electron chi connectivity index (χ0n) is 20.3. The molecule has 1 saturated heterocycles. The van der Waals surface area contributed by atoms with E-state index in [1.807, 2.05) is 68.5 Å². The Balaban J connectivity index is 1.52. The molecular weight excluding hydrogens is 540 g/mol. The molecule has 36 heavy (non-hydrogen) atoms. The maximum absolute atomic E-state index is 12.6. The quantitative estimate of drug-likeness (QED) is 0.282. The Labute approximate surface area is 223 Å². The molecule has 0 atom stereocenters. The average Bonchev–Trinajstić information content (AvgIpc) is 3.20. The number of nitrogens with zero attached hydrogens (tertiary/aromatic N) is 1. The number of carbonyl (C=O) groups is 1. The number of aliphatic imine (C=N–C) groups is 1. The van der Waals surface area contributed by atoms with Gasteiger partial charge in [-0.05, 0) is 86.1 Å². The van der Waals surface area contributed by atoms with E-state index >= 15 is 0 Å². The van der Waals surface area contributed by atoms with Crippen LogP contribution in [-0.2, 0) is 11.4 Å². The summed E-state index contributed by atoms with van der Waals surface area (Å²) in [6, 6.07) is 19.4. The molecule has 1 N–H and O–H groups in total. The van der Waals surface area contributed by atoms with Crippen LogP contribution in [0.15, 0.2) is 75.0 Å². The van der Waals surface area contributed by atoms with Crippen molar-refractivity contribution >= 4 is 50.5 Å². The van der Waals surface area contributed by atoms with Crippen molar-refractivity contribution in [3.63, 3.8) is 0 Å². The molecule has 6 nitrogen and oxygen atoms in total. The van der Waals surface area contributed by atoms with Crippen LogP contribution in [0.5, 0.6) is 17.2 Å². The molecule has 0 aromatic heterocycles. The summed E-state index contributed by atoms with van der Waals surface area (Å²) in [5, 5.41) is 3.35. The summed E-state index contributed by atoms with van der Waals surface area (Å²) in [7, 11) is 0. The number of amides is 1. The molecule has 0 aliphatic carbocycles. The average molecular weight is 568 g/mol. The number of halogens is 1.